The van der Waals surface area contributed by atoms with Gasteiger partial charge in [-0.15, -0.1) is 0 Å². The standard InChI is InChI=1S/C30H38N8O2/c1-20(2)27(40-5)17-33-30(39)21-8-10-37(11-9-21)28-7-6-22(14-32-28)26-12-23(25-16-34-36(4)18-25)19-38-29(26)24(13-31-3)15-35-38/h6-7,12-16,18-21,27H,8-11,17H2,1-5H3,(H,33,39). The van der Waals surface area contributed by atoms with E-state index < -0.39 is 0 Å². The van der Waals surface area contributed by atoms with Gasteiger partial charge in [-0.3, -0.25) is 14.5 Å². The van der Waals surface area contributed by atoms with Crippen LogP contribution < -0.4 is 10.2 Å². The molecule has 40 heavy (non-hydrogen) atoms. The molecule has 0 spiro atoms. The summed E-state index contributed by atoms with van der Waals surface area (Å²) in [7, 11) is 5.37. The Morgan fingerprint density at radius 2 is 1.93 bits per heavy atom. The fraction of sp³-hybridized carbons (Fsp3) is 0.433. The lowest BCUT2D eigenvalue weighted by Gasteiger charge is -2.32. The van der Waals surface area contributed by atoms with Gasteiger partial charge < -0.3 is 15.0 Å². The number of carbonyl (C=O) groups excluding carboxylic acids is 1. The molecule has 5 rings (SSSR count). The molecular formula is C30H38N8O2. The van der Waals surface area contributed by atoms with Gasteiger partial charge in [-0.05, 0) is 37.0 Å². The molecule has 1 aliphatic rings. The number of aromatic nitrogens is 5. The topological polar surface area (TPSA) is 102 Å². The number of pyridine rings is 2. The Morgan fingerprint density at radius 3 is 2.55 bits per heavy atom. The second kappa shape index (κ2) is 12.0. The van der Waals surface area contributed by atoms with E-state index in [4.69, 9.17) is 9.72 Å². The van der Waals surface area contributed by atoms with Crippen molar-refractivity contribution in [3.63, 3.8) is 0 Å². The minimum atomic E-state index is 0.0178. The van der Waals surface area contributed by atoms with E-state index in [2.05, 4.69) is 57.5 Å². The number of hydrogen-bond acceptors (Lipinski definition) is 7. The maximum absolute atomic E-state index is 12.8. The Bertz CT molecular complexity index is 1480. The van der Waals surface area contributed by atoms with Crippen molar-refractivity contribution < 1.29 is 9.53 Å². The zero-order chi connectivity index (χ0) is 28.2. The summed E-state index contributed by atoms with van der Waals surface area (Å²) in [6, 6.07) is 6.34. The summed E-state index contributed by atoms with van der Waals surface area (Å²) < 4.78 is 9.18. The van der Waals surface area contributed by atoms with Crippen LogP contribution in [-0.2, 0) is 16.6 Å². The van der Waals surface area contributed by atoms with Crippen LogP contribution in [0.5, 0.6) is 0 Å². The highest BCUT2D eigenvalue weighted by Crippen LogP contribution is 2.32. The summed E-state index contributed by atoms with van der Waals surface area (Å²) in [6.45, 7) is 6.34. The van der Waals surface area contributed by atoms with E-state index in [9.17, 15) is 4.79 Å². The molecular weight excluding hydrogens is 504 g/mol. The average Bonchev–Trinajstić information content (AvgIpc) is 3.59. The van der Waals surface area contributed by atoms with Gasteiger partial charge in [0.25, 0.3) is 0 Å². The molecule has 0 aliphatic carbocycles. The predicted octanol–water partition coefficient (Wildman–Crippen LogP) is 3.85. The van der Waals surface area contributed by atoms with Crippen molar-refractivity contribution in [1.29, 1.82) is 0 Å². The summed E-state index contributed by atoms with van der Waals surface area (Å²) in [4.78, 5) is 24.1. The molecule has 0 saturated carbocycles. The molecule has 5 heterocycles. The number of fused-ring (bicyclic) bond motifs is 1. The molecule has 1 unspecified atom stereocenters. The summed E-state index contributed by atoms with van der Waals surface area (Å²) in [5.74, 6) is 1.42. The quantitative estimate of drug-likeness (QED) is 0.323. The maximum Gasteiger partial charge on any atom is 0.223 e. The molecule has 0 bridgehead atoms. The van der Waals surface area contributed by atoms with Crippen molar-refractivity contribution in [2.75, 3.05) is 38.7 Å². The van der Waals surface area contributed by atoms with Crippen molar-refractivity contribution in [3.05, 3.63) is 54.7 Å². The number of aliphatic imine (C=N–C) groups is 1. The summed E-state index contributed by atoms with van der Waals surface area (Å²) in [6.07, 6.45) is 13.1. The first kappa shape index (κ1) is 27.5. The summed E-state index contributed by atoms with van der Waals surface area (Å²) in [5.41, 5.74) is 5.99. The van der Waals surface area contributed by atoms with Crippen LogP contribution in [0, 0.1) is 11.8 Å². The lowest BCUT2D eigenvalue weighted by molar-refractivity contribution is -0.126. The van der Waals surface area contributed by atoms with Gasteiger partial charge in [-0.2, -0.15) is 10.2 Å². The Balaban J connectivity index is 1.32. The third kappa shape index (κ3) is 5.77. The lowest BCUT2D eigenvalue weighted by Crippen LogP contribution is -2.43. The highest BCUT2D eigenvalue weighted by atomic mass is 16.5. The Labute approximate surface area is 235 Å². The van der Waals surface area contributed by atoms with E-state index in [0.717, 1.165) is 65.1 Å². The largest absolute Gasteiger partial charge is 0.379 e. The van der Waals surface area contributed by atoms with E-state index in [1.165, 1.54) is 0 Å². The second-order valence-electron chi connectivity index (χ2n) is 10.8. The molecule has 1 aliphatic heterocycles. The molecule has 1 fully saturated rings. The van der Waals surface area contributed by atoms with E-state index in [1.54, 1.807) is 18.8 Å². The minimum absolute atomic E-state index is 0.0178. The van der Waals surface area contributed by atoms with E-state index in [0.29, 0.717) is 12.5 Å². The van der Waals surface area contributed by atoms with Crippen LogP contribution in [0.25, 0.3) is 27.8 Å². The van der Waals surface area contributed by atoms with Crippen molar-refractivity contribution in [1.82, 2.24) is 29.7 Å². The molecule has 210 valence electrons. The maximum atomic E-state index is 12.8. The third-order valence-corrected chi connectivity index (χ3v) is 7.72. The Hall–Kier alpha value is -4.05. The van der Waals surface area contributed by atoms with Gasteiger partial charge in [0.15, 0.2) is 0 Å². The molecule has 1 amide bonds. The molecule has 0 aromatic carbocycles. The Morgan fingerprint density at radius 1 is 1.12 bits per heavy atom. The van der Waals surface area contributed by atoms with Crippen molar-refractivity contribution in [2.45, 2.75) is 32.8 Å². The van der Waals surface area contributed by atoms with Crippen LogP contribution in [0.4, 0.5) is 5.82 Å². The molecule has 1 atom stereocenters. The van der Waals surface area contributed by atoms with E-state index >= 15 is 0 Å². The van der Waals surface area contributed by atoms with Gasteiger partial charge in [0, 0.05) is 99.4 Å². The number of piperidine rings is 1. The smallest absolute Gasteiger partial charge is 0.223 e. The van der Waals surface area contributed by atoms with Crippen LogP contribution in [0.3, 0.4) is 0 Å². The fourth-order valence-corrected chi connectivity index (χ4v) is 5.37. The van der Waals surface area contributed by atoms with E-state index in [1.807, 2.05) is 48.8 Å². The van der Waals surface area contributed by atoms with Crippen LogP contribution in [-0.4, -0.2) is 76.4 Å². The third-order valence-electron chi connectivity index (χ3n) is 7.72. The minimum Gasteiger partial charge on any atom is -0.379 e. The molecule has 4 aromatic rings. The monoisotopic (exact) mass is 542 g/mol. The van der Waals surface area contributed by atoms with Crippen LogP contribution in [0.2, 0.25) is 0 Å². The number of methoxy groups -OCH3 is 1. The van der Waals surface area contributed by atoms with Gasteiger partial charge in [-0.25, -0.2) is 9.50 Å². The first-order valence-electron chi connectivity index (χ1n) is 13.8. The average molecular weight is 543 g/mol. The molecule has 4 aromatic heterocycles. The second-order valence-corrected chi connectivity index (χ2v) is 10.8. The molecule has 10 heteroatoms. The van der Waals surface area contributed by atoms with Gasteiger partial charge in [0.05, 0.1) is 24.0 Å². The van der Waals surface area contributed by atoms with Crippen molar-refractivity contribution in [3.8, 4) is 22.3 Å². The first-order chi connectivity index (χ1) is 19.4. The van der Waals surface area contributed by atoms with Gasteiger partial charge >= 0.3 is 0 Å². The fourth-order valence-electron chi connectivity index (χ4n) is 5.37. The molecule has 10 nitrogen and oxygen atoms in total. The van der Waals surface area contributed by atoms with Crippen molar-refractivity contribution in [2.24, 2.45) is 23.9 Å². The number of ether oxygens (including phenoxy) is 1. The molecule has 1 N–H and O–H groups in total. The molecule has 0 radical (unpaired) electrons. The zero-order valence-corrected chi connectivity index (χ0v) is 23.9. The number of carbonyl (C=O) groups is 1. The Kier molecular flexibility index (Phi) is 8.25. The van der Waals surface area contributed by atoms with Crippen LogP contribution in [0.15, 0.2) is 54.2 Å². The van der Waals surface area contributed by atoms with Crippen molar-refractivity contribution >= 4 is 23.5 Å². The number of aryl methyl sites for hydroxylation is 1. The van der Waals surface area contributed by atoms with Gasteiger partial charge in [0.2, 0.25) is 5.91 Å². The number of nitrogens with one attached hydrogen (secondary N) is 1. The normalized spacial score (nSPS) is 15.4. The summed E-state index contributed by atoms with van der Waals surface area (Å²) in [5, 5.41) is 12.0. The van der Waals surface area contributed by atoms with E-state index in [-0.39, 0.29) is 17.9 Å². The van der Waals surface area contributed by atoms with Crippen LogP contribution >= 0.6 is 0 Å². The highest BCUT2D eigenvalue weighted by molar-refractivity contribution is 5.97. The zero-order valence-electron chi connectivity index (χ0n) is 23.9. The number of anilines is 1. The molecule has 1 saturated heterocycles. The number of amides is 1. The SMILES string of the molecule is CN=Cc1cnn2cc(-c3cnn(C)c3)cc(-c3ccc(N4CCC(C(=O)NCC(OC)C(C)C)CC4)nc3)c12. The summed E-state index contributed by atoms with van der Waals surface area (Å²) >= 11 is 0. The van der Waals surface area contributed by atoms with Gasteiger partial charge in [0.1, 0.15) is 5.82 Å². The number of rotatable bonds is 9. The number of nitrogens with zero attached hydrogens (tertiary/aromatic N) is 7. The highest BCUT2D eigenvalue weighted by Gasteiger charge is 2.26. The predicted molar refractivity (Wildman–Crippen MR) is 158 cm³/mol. The lowest BCUT2D eigenvalue weighted by atomic mass is 9.95. The first-order valence-corrected chi connectivity index (χ1v) is 13.8. The van der Waals surface area contributed by atoms with Crippen LogP contribution in [0.1, 0.15) is 32.3 Å². The van der Waals surface area contributed by atoms with Gasteiger partial charge in [-0.1, -0.05) is 13.8 Å². The number of hydrogen-bond donors (Lipinski definition) is 1.